The third-order valence-electron chi connectivity index (χ3n) is 5.16. The minimum atomic E-state index is -0.181. The van der Waals surface area contributed by atoms with Crippen LogP contribution in [0.5, 0.6) is 0 Å². The Bertz CT molecular complexity index is 1120. The number of hydrogen-bond acceptors (Lipinski definition) is 7. The Morgan fingerprint density at radius 2 is 2.21 bits per heavy atom. The number of hydrogen-bond donors (Lipinski definition) is 2. The van der Waals surface area contributed by atoms with E-state index >= 15 is 0 Å². The van der Waals surface area contributed by atoms with E-state index in [-0.39, 0.29) is 11.6 Å². The van der Waals surface area contributed by atoms with Crippen LogP contribution in [0.15, 0.2) is 45.1 Å². The molecule has 4 heterocycles. The van der Waals surface area contributed by atoms with Crippen molar-refractivity contribution in [1.29, 1.82) is 0 Å². The quantitative estimate of drug-likeness (QED) is 0.700. The molecule has 0 aliphatic carbocycles. The minimum Gasteiger partial charge on any atom is -0.341 e. The lowest BCUT2D eigenvalue weighted by Crippen LogP contribution is -2.43. The van der Waals surface area contributed by atoms with Crippen molar-refractivity contribution in [3.8, 4) is 0 Å². The van der Waals surface area contributed by atoms with Crippen LogP contribution in [0.25, 0.3) is 11.0 Å². The van der Waals surface area contributed by atoms with E-state index in [1.165, 1.54) is 15.1 Å². The summed E-state index contributed by atoms with van der Waals surface area (Å²) in [7, 11) is 0. The van der Waals surface area contributed by atoms with E-state index in [1.54, 1.807) is 18.0 Å². The van der Waals surface area contributed by atoms with Gasteiger partial charge in [-0.05, 0) is 24.5 Å². The monoisotopic (exact) mass is 395 g/mol. The molecule has 1 fully saturated rings. The number of imidazole rings is 1. The molecule has 0 bridgehead atoms. The lowest BCUT2D eigenvalue weighted by Gasteiger charge is -2.30. The number of thioether (sulfide) groups is 1. The van der Waals surface area contributed by atoms with Crippen molar-refractivity contribution in [2.24, 2.45) is 10.7 Å². The molecule has 3 N–H and O–H groups in total. The zero-order chi connectivity index (χ0) is 19.1. The van der Waals surface area contributed by atoms with Crippen molar-refractivity contribution >= 4 is 33.8 Å². The Balaban J connectivity index is 1.41. The zero-order valence-corrected chi connectivity index (χ0v) is 16.2. The highest BCUT2D eigenvalue weighted by Gasteiger charge is 2.21. The number of piperidine rings is 1. The summed E-state index contributed by atoms with van der Waals surface area (Å²) in [5, 5.41) is 5.20. The molecule has 8 nitrogen and oxygen atoms in total. The fourth-order valence-electron chi connectivity index (χ4n) is 3.68. The molecule has 0 saturated carbocycles. The second-order valence-corrected chi connectivity index (χ2v) is 8.31. The van der Waals surface area contributed by atoms with Crippen LogP contribution in [-0.4, -0.2) is 43.9 Å². The van der Waals surface area contributed by atoms with E-state index in [2.05, 4.69) is 37.1 Å². The van der Waals surface area contributed by atoms with Gasteiger partial charge in [0.15, 0.2) is 0 Å². The average Bonchev–Trinajstić information content (AvgIpc) is 3.15. The minimum absolute atomic E-state index is 0.140. The van der Waals surface area contributed by atoms with Crippen LogP contribution in [0.2, 0.25) is 0 Å². The molecule has 2 aliphatic rings. The van der Waals surface area contributed by atoms with Crippen molar-refractivity contribution in [3.05, 3.63) is 46.4 Å². The molecule has 2 aliphatic heterocycles. The predicted octanol–water partition coefficient (Wildman–Crippen LogP) is 1.75. The number of nitrogens with one attached hydrogen (secondary N) is 1. The first-order valence-corrected chi connectivity index (χ1v) is 10.2. The Hall–Kier alpha value is -2.65. The molecule has 0 radical (unpaired) electrons. The summed E-state index contributed by atoms with van der Waals surface area (Å²) in [4.78, 5) is 28.6. The summed E-state index contributed by atoms with van der Waals surface area (Å²) in [6.45, 7) is 2.63. The first kappa shape index (κ1) is 17.4. The van der Waals surface area contributed by atoms with E-state index in [4.69, 9.17) is 5.73 Å². The molecular weight excluding hydrogens is 374 g/mol. The number of aliphatic imine (C=N–C) groups is 1. The maximum Gasteiger partial charge on any atom is 0.293 e. The van der Waals surface area contributed by atoms with Crippen LogP contribution in [0.4, 0.5) is 5.95 Å². The fraction of sp³-hybridized carbons (Fsp3) is 0.368. The number of nitrogens with zero attached hydrogens (tertiary/aromatic N) is 5. The molecule has 5 rings (SSSR count). The van der Waals surface area contributed by atoms with Crippen LogP contribution in [0.1, 0.15) is 18.4 Å². The number of benzene rings is 1. The van der Waals surface area contributed by atoms with Gasteiger partial charge in [0, 0.05) is 24.0 Å². The number of anilines is 1. The highest BCUT2D eigenvalue weighted by atomic mass is 32.2. The van der Waals surface area contributed by atoms with Crippen LogP contribution in [-0.2, 0) is 13.1 Å². The van der Waals surface area contributed by atoms with Crippen LogP contribution >= 0.6 is 11.8 Å². The third kappa shape index (κ3) is 3.20. The maximum atomic E-state index is 12.9. The first-order chi connectivity index (χ1) is 13.7. The van der Waals surface area contributed by atoms with E-state index in [0.717, 1.165) is 31.0 Å². The Kier molecular flexibility index (Phi) is 4.40. The van der Waals surface area contributed by atoms with Gasteiger partial charge in [-0.15, -0.1) is 0 Å². The van der Waals surface area contributed by atoms with Crippen LogP contribution < -0.4 is 16.2 Å². The maximum absolute atomic E-state index is 12.9. The number of H-pyrrole nitrogens is 1. The van der Waals surface area contributed by atoms with Crippen molar-refractivity contribution < 1.29 is 0 Å². The average molecular weight is 395 g/mol. The molecule has 1 unspecified atom stereocenters. The topological polar surface area (TPSA) is 105 Å². The van der Waals surface area contributed by atoms with Gasteiger partial charge in [-0.25, -0.2) is 9.67 Å². The smallest absolute Gasteiger partial charge is 0.293 e. The second kappa shape index (κ2) is 7.06. The summed E-state index contributed by atoms with van der Waals surface area (Å²) in [6.07, 6.45) is 3.69. The number of aromatic nitrogens is 4. The Labute approximate surface area is 165 Å². The van der Waals surface area contributed by atoms with Gasteiger partial charge in [-0.3, -0.25) is 9.79 Å². The highest BCUT2D eigenvalue weighted by Crippen LogP contribution is 2.29. The van der Waals surface area contributed by atoms with Crippen molar-refractivity contribution in [1.82, 2.24) is 19.7 Å². The van der Waals surface area contributed by atoms with Gasteiger partial charge in [-0.2, -0.15) is 5.10 Å². The summed E-state index contributed by atoms with van der Waals surface area (Å²) in [6, 6.07) is 8.34. The number of fused-ring (bicyclic) bond motifs is 2. The highest BCUT2D eigenvalue weighted by molar-refractivity contribution is 8.14. The molecule has 1 aromatic carbocycles. The first-order valence-electron chi connectivity index (χ1n) is 9.43. The molecule has 9 heteroatoms. The van der Waals surface area contributed by atoms with Crippen molar-refractivity contribution in [2.45, 2.75) is 36.9 Å². The molecule has 1 saturated heterocycles. The van der Waals surface area contributed by atoms with Crippen LogP contribution in [0.3, 0.4) is 0 Å². The molecule has 2 aromatic heterocycles. The summed E-state index contributed by atoms with van der Waals surface area (Å²) < 4.78 is 1.45. The normalized spacial score (nSPS) is 19.5. The molecular formula is C19H21N7OS. The lowest BCUT2D eigenvalue weighted by atomic mass is 10.1. The SMILES string of the molecule is NC1CCCN(c2nc3cnn(CC4=NCc5ccccc5S4)c(=O)c3[nH]2)C1. The molecule has 144 valence electrons. The standard InChI is InChI=1S/C19H21N7OS/c20-13-5-3-7-25(10-13)19-23-14-9-22-26(18(27)17(14)24-19)11-16-21-8-12-4-1-2-6-15(12)28-16/h1-2,4,6,9,13H,3,5,7-8,10-11,20H2,(H,23,24). The fourth-order valence-corrected chi connectivity index (χ4v) is 4.66. The largest absolute Gasteiger partial charge is 0.341 e. The molecule has 0 amide bonds. The summed E-state index contributed by atoms with van der Waals surface area (Å²) in [5.74, 6) is 0.695. The van der Waals surface area contributed by atoms with E-state index in [9.17, 15) is 4.79 Å². The zero-order valence-electron chi connectivity index (χ0n) is 15.3. The number of rotatable bonds is 3. The van der Waals surface area contributed by atoms with Gasteiger partial charge >= 0.3 is 0 Å². The Morgan fingerprint density at radius 1 is 1.32 bits per heavy atom. The number of nitrogens with two attached hydrogens (primary N) is 1. The van der Waals surface area contributed by atoms with Gasteiger partial charge in [-0.1, -0.05) is 30.0 Å². The summed E-state index contributed by atoms with van der Waals surface area (Å²) in [5.41, 5.74) is 8.16. The molecule has 0 spiro atoms. The van der Waals surface area contributed by atoms with Crippen LogP contribution in [0, 0.1) is 0 Å². The van der Waals surface area contributed by atoms with Gasteiger partial charge in [0.2, 0.25) is 5.95 Å². The van der Waals surface area contributed by atoms with Gasteiger partial charge < -0.3 is 15.6 Å². The molecule has 1 atom stereocenters. The Morgan fingerprint density at radius 3 is 3.11 bits per heavy atom. The van der Waals surface area contributed by atoms with Gasteiger partial charge in [0.1, 0.15) is 11.0 Å². The van der Waals surface area contributed by atoms with Crippen molar-refractivity contribution in [3.63, 3.8) is 0 Å². The lowest BCUT2D eigenvalue weighted by molar-refractivity contribution is 0.501. The second-order valence-electron chi connectivity index (χ2n) is 7.20. The molecule has 3 aromatic rings. The van der Waals surface area contributed by atoms with E-state index < -0.39 is 0 Å². The third-order valence-corrected chi connectivity index (χ3v) is 6.27. The van der Waals surface area contributed by atoms with E-state index in [0.29, 0.717) is 30.1 Å². The predicted molar refractivity (Wildman–Crippen MR) is 111 cm³/mol. The van der Waals surface area contributed by atoms with Gasteiger partial charge in [0.05, 0.1) is 24.3 Å². The summed E-state index contributed by atoms with van der Waals surface area (Å²) >= 11 is 1.60. The van der Waals surface area contributed by atoms with Crippen molar-refractivity contribution in [2.75, 3.05) is 18.0 Å². The number of aromatic amines is 1. The van der Waals surface area contributed by atoms with E-state index in [1.807, 2.05) is 12.1 Å². The molecule has 28 heavy (non-hydrogen) atoms. The van der Waals surface area contributed by atoms with Gasteiger partial charge in [0.25, 0.3) is 5.56 Å².